The van der Waals surface area contributed by atoms with Crippen LogP contribution in [0.4, 0.5) is 15.8 Å². The fourth-order valence-corrected chi connectivity index (χ4v) is 1.49. The van der Waals surface area contributed by atoms with E-state index in [2.05, 4.69) is 0 Å². The molecule has 0 spiro atoms. The van der Waals surface area contributed by atoms with Crippen LogP contribution in [0, 0.1) is 15.9 Å². The van der Waals surface area contributed by atoms with Crippen molar-refractivity contribution in [3.05, 3.63) is 34.1 Å². The Balaban J connectivity index is 3.28. The topological polar surface area (TPSA) is 121 Å². The lowest BCUT2D eigenvalue weighted by atomic mass is 10.2. The summed E-state index contributed by atoms with van der Waals surface area (Å²) in [5, 5.41) is 28.1. The quantitative estimate of drug-likeness (QED) is 0.577. The van der Waals surface area contributed by atoms with Crippen molar-refractivity contribution in [2.24, 2.45) is 0 Å². The summed E-state index contributed by atoms with van der Waals surface area (Å²) in [5.41, 5.74) is -1.35. The molecule has 102 valence electrons. The molecule has 0 aliphatic carbocycles. The SMILES string of the molecule is O=C(O)CN(CC(=O)O)c1cccc(F)c1[N+](=O)[O-]. The first kappa shape index (κ1) is 14.4. The fourth-order valence-electron chi connectivity index (χ4n) is 1.49. The van der Waals surface area contributed by atoms with Crippen LogP contribution in [0.1, 0.15) is 0 Å². The van der Waals surface area contributed by atoms with Gasteiger partial charge in [-0.15, -0.1) is 0 Å². The fraction of sp³-hybridized carbons (Fsp3) is 0.200. The predicted octanol–water partition coefficient (Wildman–Crippen LogP) is 0.709. The van der Waals surface area contributed by atoms with E-state index in [-0.39, 0.29) is 0 Å². The molecule has 0 bridgehead atoms. The van der Waals surface area contributed by atoms with Crippen LogP contribution in [0.5, 0.6) is 0 Å². The zero-order valence-corrected chi connectivity index (χ0v) is 9.45. The Morgan fingerprint density at radius 2 is 1.79 bits per heavy atom. The van der Waals surface area contributed by atoms with Crippen molar-refractivity contribution in [2.45, 2.75) is 0 Å². The van der Waals surface area contributed by atoms with Crippen LogP contribution in [-0.2, 0) is 9.59 Å². The number of halogens is 1. The highest BCUT2D eigenvalue weighted by Crippen LogP contribution is 2.30. The lowest BCUT2D eigenvalue weighted by molar-refractivity contribution is -0.386. The second kappa shape index (κ2) is 5.76. The van der Waals surface area contributed by atoms with Crippen LogP contribution >= 0.6 is 0 Å². The van der Waals surface area contributed by atoms with Crippen molar-refractivity contribution in [3.8, 4) is 0 Å². The third-order valence-corrected chi connectivity index (χ3v) is 2.14. The van der Waals surface area contributed by atoms with Crippen LogP contribution < -0.4 is 4.90 Å². The number of carboxylic acid groups (broad SMARTS) is 2. The van der Waals surface area contributed by atoms with E-state index in [1.54, 1.807) is 0 Å². The van der Waals surface area contributed by atoms with Crippen molar-refractivity contribution >= 4 is 23.3 Å². The molecule has 0 aliphatic rings. The van der Waals surface area contributed by atoms with Gasteiger partial charge < -0.3 is 15.1 Å². The van der Waals surface area contributed by atoms with Crippen molar-refractivity contribution in [2.75, 3.05) is 18.0 Å². The van der Waals surface area contributed by atoms with Crippen molar-refractivity contribution in [1.82, 2.24) is 0 Å². The van der Waals surface area contributed by atoms with Gasteiger partial charge in [-0.25, -0.2) is 0 Å². The Kier molecular flexibility index (Phi) is 4.35. The van der Waals surface area contributed by atoms with Gasteiger partial charge in [-0.2, -0.15) is 4.39 Å². The van der Waals surface area contributed by atoms with Gasteiger partial charge >= 0.3 is 17.6 Å². The van der Waals surface area contributed by atoms with Gasteiger partial charge in [0.2, 0.25) is 5.82 Å². The molecule has 0 saturated heterocycles. The molecule has 9 heteroatoms. The molecule has 0 aromatic heterocycles. The smallest absolute Gasteiger partial charge is 0.327 e. The molecule has 0 fully saturated rings. The number of carbonyl (C=O) groups is 2. The number of nitro groups is 1. The first-order valence-corrected chi connectivity index (χ1v) is 4.94. The van der Waals surface area contributed by atoms with Gasteiger partial charge in [0, 0.05) is 0 Å². The third-order valence-electron chi connectivity index (χ3n) is 2.14. The number of rotatable bonds is 6. The summed E-state index contributed by atoms with van der Waals surface area (Å²) >= 11 is 0. The molecule has 8 nitrogen and oxygen atoms in total. The highest BCUT2D eigenvalue weighted by Gasteiger charge is 2.26. The van der Waals surface area contributed by atoms with Gasteiger partial charge in [-0.05, 0) is 12.1 Å². The standard InChI is InChI=1S/C10H9FN2O6/c11-6-2-1-3-7(10(6)13(18)19)12(4-8(14)15)5-9(16)17/h1-3H,4-5H2,(H,14,15)(H,16,17). The third kappa shape index (κ3) is 3.63. The summed E-state index contributed by atoms with van der Waals surface area (Å²) in [6.45, 7) is -1.59. The maximum atomic E-state index is 13.4. The molecule has 0 unspecified atom stereocenters. The van der Waals surface area contributed by atoms with E-state index in [9.17, 15) is 24.1 Å². The van der Waals surface area contributed by atoms with Gasteiger partial charge in [0.25, 0.3) is 0 Å². The molecule has 0 aliphatic heterocycles. The zero-order valence-electron chi connectivity index (χ0n) is 9.45. The molecule has 19 heavy (non-hydrogen) atoms. The number of carboxylic acids is 2. The molecule has 0 amide bonds. The Morgan fingerprint density at radius 3 is 2.21 bits per heavy atom. The average Bonchev–Trinajstić information content (AvgIpc) is 2.25. The molecule has 1 aromatic carbocycles. The Morgan fingerprint density at radius 1 is 1.26 bits per heavy atom. The van der Waals surface area contributed by atoms with Gasteiger partial charge in [0.1, 0.15) is 18.8 Å². The number of nitrogens with zero attached hydrogens (tertiary/aromatic N) is 2. The molecule has 1 rings (SSSR count). The largest absolute Gasteiger partial charge is 0.480 e. The highest BCUT2D eigenvalue weighted by molar-refractivity contribution is 5.81. The molecular formula is C10H9FN2O6. The second-order valence-corrected chi connectivity index (χ2v) is 3.51. The van der Waals surface area contributed by atoms with E-state index < -0.39 is 47.1 Å². The van der Waals surface area contributed by atoms with E-state index in [1.807, 2.05) is 0 Å². The Hall–Kier alpha value is -2.71. The van der Waals surface area contributed by atoms with Crippen molar-refractivity contribution in [1.29, 1.82) is 0 Å². The molecular weight excluding hydrogens is 263 g/mol. The van der Waals surface area contributed by atoms with Crippen LogP contribution in [-0.4, -0.2) is 40.2 Å². The molecule has 2 N–H and O–H groups in total. The number of hydrogen-bond acceptors (Lipinski definition) is 5. The molecule has 0 heterocycles. The van der Waals surface area contributed by atoms with E-state index in [0.717, 1.165) is 18.2 Å². The van der Waals surface area contributed by atoms with E-state index in [1.165, 1.54) is 0 Å². The minimum absolute atomic E-state index is 0.394. The number of nitro benzene ring substituents is 1. The lowest BCUT2D eigenvalue weighted by Gasteiger charge is -2.20. The predicted molar refractivity (Wildman–Crippen MR) is 60.5 cm³/mol. The van der Waals surface area contributed by atoms with Gasteiger partial charge in [-0.1, -0.05) is 6.07 Å². The summed E-state index contributed by atoms with van der Waals surface area (Å²) in [6.07, 6.45) is 0. The van der Waals surface area contributed by atoms with Crippen LogP contribution in [0.15, 0.2) is 18.2 Å². The van der Waals surface area contributed by atoms with Crippen molar-refractivity contribution < 1.29 is 29.1 Å². The number of aliphatic carboxylic acids is 2. The highest BCUT2D eigenvalue weighted by atomic mass is 19.1. The van der Waals surface area contributed by atoms with Gasteiger partial charge in [-0.3, -0.25) is 19.7 Å². The monoisotopic (exact) mass is 272 g/mol. The minimum Gasteiger partial charge on any atom is -0.480 e. The van der Waals surface area contributed by atoms with Gasteiger partial charge in [0.05, 0.1) is 4.92 Å². The first-order chi connectivity index (χ1) is 8.82. The Labute approximate surface area is 105 Å². The van der Waals surface area contributed by atoms with Crippen LogP contribution in [0.2, 0.25) is 0 Å². The minimum atomic E-state index is -1.39. The number of para-hydroxylation sites is 1. The summed E-state index contributed by atoms with van der Waals surface area (Å²) in [6, 6.07) is 3.06. The normalized spacial score (nSPS) is 9.95. The zero-order chi connectivity index (χ0) is 14.6. The lowest BCUT2D eigenvalue weighted by Crippen LogP contribution is -2.35. The summed E-state index contributed by atoms with van der Waals surface area (Å²) in [7, 11) is 0. The maximum absolute atomic E-state index is 13.4. The maximum Gasteiger partial charge on any atom is 0.327 e. The molecule has 0 radical (unpaired) electrons. The molecule has 0 saturated carbocycles. The van der Waals surface area contributed by atoms with E-state index in [4.69, 9.17) is 10.2 Å². The molecule has 0 atom stereocenters. The van der Waals surface area contributed by atoms with Crippen LogP contribution in [0.25, 0.3) is 0 Å². The first-order valence-electron chi connectivity index (χ1n) is 4.94. The van der Waals surface area contributed by atoms with Crippen LogP contribution in [0.3, 0.4) is 0 Å². The number of benzene rings is 1. The number of anilines is 1. The van der Waals surface area contributed by atoms with Gasteiger partial charge in [0.15, 0.2) is 0 Å². The Bertz CT molecular complexity index is 517. The second-order valence-electron chi connectivity index (χ2n) is 3.51. The average molecular weight is 272 g/mol. The summed E-state index contributed by atoms with van der Waals surface area (Å²) in [4.78, 5) is 31.7. The van der Waals surface area contributed by atoms with Crippen molar-refractivity contribution in [3.63, 3.8) is 0 Å². The summed E-state index contributed by atoms with van der Waals surface area (Å²) < 4.78 is 13.4. The van der Waals surface area contributed by atoms with E-state index >= 15 is 0 Å². The van der Waals surface area contributed by atoms with E-state index in [0.29, 0.717) is 4.90 Å². The molecule has 1 aromatic rings. The number of hydrogen-bond donors (Lipinski definition) is 2. The summed E-state index contributed by atoms with van der Waals surface area (Å²) in [5.74, 6) is -3.94.